The summed E-state index contributed by atoms with van der Waals surface area (Å²) in [6.45, 7) is 12.9. The Balaban J connectivity index is 1.26. The fourth-order valence-electron chi connectivity index (χ4n) is 12.6. The number of hydrogen-bond acceptors (Lipinski definition) is 8. The molecule has 6 N–H and O–H groups in total. The van der Waals surface area contributed by atoms with E-state index in [1.807, 2.05) is 26.0 Å². The number of nitrogens with one attached hydrogen (secondary N) is 2. The van der Waals surface area contributed by atoms with Crippen LogP contribution in [0, 0.1) is 50.2 Å². The molecule has 0 saturated heterocycles. The Morgan fingerprint density at radius 1 is 0.960 bits per heavy atom. The molecule has 1 aromatic rings. The van der Waals surface area contributed by atoms with Gasteiger partial charge in [-0.05, 0) is 129 Å². The third-order valence-corrected chi connectivity index (χ3v) is 15.7. The fourth-order valence-corrected chi connectivity index (χ4v) is 12.6. The summed E-state index contributed by atoms with van der Waals surface area (Å²) >= 11 is 0. The highest BCUT2D eigenvalue weighted by molar-refractivity contribution is 5.85. The lowest BCUT2D eigenvalue weighted by Gasteiger charge is -2.71. The van der Waals surface area contributed by atoms with Crippen molar-refractivity contribution < 1.29 is 34.8 Å². The van der Waals surface area contributed by atoms with Gasteiger partial charge in [-0.15, -0.1) is 0 Å². The van der Waals surface area contributed by atoms with Crippen LogP contribution in [0.25, 0.3) is 0 Å². The number of benzene rings is 1. The minimum atomic E-state index is -0.957. The maximum absolute atomic E-state index is 14.5. The van der Waals surface area contributed by atoms with E-state index in [0.29, 0.717) is 38.8 Å². The Hall–Kier alpha value is -2.46. The predicted molar refractivity (Wildman–Crippen MR) is 192 cm³/mol. The third kappa shape index (κ3) is 5.55. The van der Waals surface area contributed by atoms with E-state index >= 15 is 0 Å². The third-order valence-electron chi connectivity index (χ3n) is 15.7. The van der Waals surface area contributed by atoms with Crippen molar-refractivity contribution in [2.75, 3.05) is 26.8 Å². The van der Waals surface area contributed by atoms with Crippen molar-refractivity contribution in [2.24, 2.45) is 50.2 Å². The van der Waals surface area contributed by atoms with Gasteiger partial charge in [0, 0.05) is 18.5 Å². The van der Waals surface area contributed by atoms with Crippen molar-refractivity contribution in [1.29, 1.82) is 0 Å². The number of aromatic hydroxyl groups is 1. The van der Waals surface area contributed by atoms with Gasteiger partial charge in [-0.25, -0.2) is 0 Å². The van der Waals surface area contributed by atoms with Crippen molar-refractivity contribution >= 4 is 11.9 Å². The number of fused-ring (bicyclic) bond motifs is 7. The van der Waals surface area contributed by atoms with Crippen molar-refractivity contribution in [2.45, 2.75) is 118 Å². The summed E-state index contributed by atoms with van der Waals surface area (Å²) in [7, 11) is 1.46. The molecule has 0 heterocycles. The first-order valence-electron chi connectivity index (χ1n) is 19.1. The highest BCUT2D eigenvalue weighted by Gasteiger charge is 2.71. The molecule has 4 saturated carbocycles. The summed E-state index contributed by atoms with van der Waals surface area (Å²) in [5.74, 6) is 0.365. The van der Waals surface area contributed by atoms with E-state index in [9.17, 15) is 30.0 Å². The van der Waals surface area contributed by atoms with Gasteiger partial charge < -0.3 is 35.8 Å². The molecule has 9 heteroatoms. The summed E-state index contributed by atoms with van der Waals surface area (Å²) in [5.41, 5.74) is -0.320. The summed E-state index contributed by atoms with van der Waals surface area (Å²) in [4.78, 5) is 27.8. The van der Waals surface area contributed by atoms with Gasteiger partial charge in [0.15, 0.2) is 0 Å². The van der Waals surface area contributed by atoms with Crippen LogP contribution in [0.1, 0.15) is 104 Å². The molecule has 4 fully saturated rings. The summed E-state index contributed by atoms with van der Waals surface area (Å²) in [6, 6.07) is 7.21. The molecule has 5 aliphatic rings. The lowest BCUT2D eigenvalue weighted by Crippen LogP contribution is -2.68. The summed E-state index contributed by atoms with van der Waals surface area (Å²) < 4.78 is 5.35. The smallest absolute Gasteiger partial charge is 0.311 e. The number of rotatable bonds is 9. The molecule has 1 aromatic carbocycles. The minimum absolute atomic E-state index is 0.0788. The zero-order chi connectivity index (χ0) is 36.3. The van der Waals surface area contributed by atoms with Crippen LogP contribution < -0.4 is 10.6 Å². The lowest BCUT2D eigenvalue weighted by molar-refractivity contribution is -0.243. The fraction of sp³-hybridized carbons (Fsp3) is 0.756. The zero-order valence-electron chi connectivity index (χ0n) is 31.2. The van der Waals surface area contributed by atoms with E-state index in [2.05, 4.69) is 37.5 Å². The number of phenolic OH excluding ortho intramolecular Hbond substituents is 1. The van der Waals surface area contributed by atoms with E-state index in [1.54, 1.807) is 12.1 Å². The van der Waals surface area contributed by atoms with E-state index in [0.717, 1.165) is 50.6 Å². The van der Waals surface area contributed by atoms with E-state index in [1.165, 1.54) is 12.7 Å². The molecule has 0 radical (unpaired) electrons. The monoisotopic (exact) mass is 694 g/mol. The van der Waals surface area contributed by atoms with Crippen molar-refractivity contribution in [3.05, 3.63) is 41.5 Å². The minimum Gasteiger partial charge on any atom is -0.508 e. The van der Waals surface area contributed by atoms with Gasteiger partial charge in [0.05, 0.1) is 36.8 Å². The Labute approximate surface area is 298 Å². The Kier molecular flexibility index (Phi) is 9.84. The number of carbonyl (C=O) groups is 2. The molecule has 1 amide bonds. The maximum atomic E-state index is 14.5. The number of aliphatic hydroxyl groups is 3. The number of carbonyl (C=O) groups excluding carboxylic acids is 2. The normalized spacial score (nSPS) is 43.7. The Morgan fingerprint density at radius 2 is 1.70 bits per heavy atom. The van der Waals surface area contributed by atoms with Crippen LogP contribution in [0.3, 0.4) is 0 Å². The largest absolute Gasteiger partial charge is 0.508 e. The number of aliphatic hydroxyl groups excluding tert-OH is 3. The van der Waals surface area contributed by atoms with E-state index < -0.39 is 28.5 Å². The topological polar surface area (TPSA) is 148 Å². The Bertz CT molecular complexity index is 1500. The lowest BCUT2D eigenvalue weighted by atomic mass is 9.33. The SMILES string of the molecule is COC(=O)[C@@]1(C)CC[C@]2(C(=O)NCCCNCc3cccc(O)c3)CC[C@]3(C)C(=CCC4[C@@]5(C)C[C@H](O)[C@H](O)[C@@](C)(CO)C5CC[C@]43C)C2C1. The van der Waals surface area contributed by atoms with Gasteiger partial charge in [0.2, 0.25) is 5.91 Å². The molecular formula is C41H62N2O7. The number of allylic oxidation sites excluding steroid dienone is 2. The van der Waals surface area contributed by atoms with Crippen LogP contribution in [-0.4, -0.2) is 71.3 Å². The number of hydrogen-bond donors (Lipinski definition) is 6. The quantitative estimate of drug-likeness (QED) is 0.117. The molecule has 50 heavy (non-hydrogen) atoms. The molecule has 278 valence electrons. The summed E-state index contributed by atoms with van der Waals surface area (Å²) in [6.07, 6.45) is 7.92. The van der Waals surface area contributed by atoms with Crippen LogP contribution >= 0.6 is 0 Å². The van der Waals surface area contributed by atoms with Crippen molar-refractivity contribution in [3.63, 3.8) is 0 Å². The van der Waals surface area contributed by atoms with E-state index in [-0.39, 0.29) is 58.2 Å². The maximum Gasteiger partial charge on any atom is 0.311 e. The van der Waals surface area contributed by atoms with Crippen LogP contribution in [0.4, 0.5) is 0 Å². The van der Waals surface area contributed by atoms with Gasteiger partial charge >= 0.3 is 5.97 Å². The second kappa shape index (κ2) is 13.2. The second-order valence-corrected chi connectivity index (χ2v) is 18.1. The van der Waals surface area contributed by atoms with Gasteiger partial charge in [0.25, 0.3) is 0 Å². The van der Waals surface area contributed by atoms with Crippen LogP contribution in [0.5, 0.6) is 5.75 Å². The molecule has 6 rings (SSSR count). The molecule has 3 unspecified atom stereocenters. The van der Waals surface area contributed by atoms with Gasteiger partial charge in [-0.2, -0.15) is 0 Å². The number of esters is 1. The first kappa shape index (κ1) is 37.3. The highest BCUT2D eigenvalue weighted by atomic mass is 16.5. The number of methoxy groups -OCH3 is 1. The molecule has 0 aromatic heterocycles. The van der Waals surface area contributed by atoms with E-state index in [4.69, 9.17) is 4.74 Å². The first-order valence-corrected chi connectivity index (χ1v) is 19.1. The molecule has 11 atom stereocenters. The summed E-state index contributed by atoms with van der Waals surface area (Å²) in [5, 5.41) is 49.4. The average Bonchev–Trinajstić information content (AvgIpc) is 3.08. The van der Waals surface area contributed by atoms with Crippen LogP contribution in [-0.2, 0) is 20.9 Å². The standard InChI is InChI=1S/C41H62N2O7/c1-36(35(49)50-6)15-17-41(34(48)43-20-8-19-42-24-26-9-7-10-27(45)21-26)18-16-39(4)28(29(41)22-36)11-12-32-37(2)23-30(46)33(47)38(3,25-44)31(37)13-14-40(32,39)5/h7,9-11,21,29-33,42,44-47H,8,12-20,22-25H2,1-6H3,(H,43,48)/t29?,30-,31?,32?,33-,36-,37-,38-,39+,40+,41-/m0/s1. The average molecular weight is 695 g/mol. The van der Waals surface area contributed by atoms with Crippen molar-refractivity contribution in [3.8, 4) is 5.75 Å². The first-order chi connectivity index (χ1) is 23.5. The van der Waals surface area contributed by atoms with Crippen molar-refractivity contribution in [1.82, 2.24) is 10.6 Å². The van der Waals surface area contributed by atoms with Crippen LogP contribution in [0.2, 0.25) is 0 Å². The molecule has 0 spiro atoms. The van der Waals surface area contributed by atoms with Gasteiger partial charge in [0.1, 0.15) is 5.75 Å². The van der Waals surface area contributed by atoms with Gasteiger partial charge in [-0.3, -0.25) is 9.59 Å². The van der Waals surface area contributed by atoms with Crippen LogP contribution in [0.15, 0.2) is 35.9 Å². The second-order valence-electron chi connectivity index (χ2n) is 18.1. The Morgan fingerprint density at radius 3 is 2.40 bits per heavy atom. The number of ether oxygens (including phenoxy) is 1. The molecule has 5 aliphatic carbocycles. The molecular weight excluding hydrogens is 632 g/mol. The highest BCUT2D eigenvalue weighted by Crippen LogP contribution is 2.75. The molecule has 0 aliphatic heterocycles. The zero-order valence-corrected chi connectivity index (χ0v) is 31.2. The predicted octanol–water partition coefficient (Wildman–Crippen LogP) is 5.25. The number of phenols is 1. The molecule has 0 bridgehead atoms. The molecule has 9 nitrogen and oxygen atoms in total. The number of amides is 1. The van der Waals surface area contributed by atoms with Gasteiger partial charge in [-0.1, -0.05) is 51.5 Å².